The fraction of sp³-hybridized carbons (Fsp3) is 0.250. The van der Waals surface area contributed by atoms with Gasteiger partial charge in [0.15, 0.2) is 0 Å². The fourth-order valence-corrected chi connectivity index (χ4v) is 3.64. The molecule has 0 aliphatic carbocycles. The van der Waals surface area contributed by atoms with Crippen LogP contribution in [0.5, 0.6) is 0 Å². The SMILES string of the molecule is COCCNc1nc(C)cc(-c2cccc(C3=Nc4cc(C)c(Cl)cc4NC(=O)C3)c2)n1. The molecule has 0 unspecified atom stereocenters. The number of ether oxygens (including phenoxy) is 1. The number of rotatable bonds is 6. The van der Waals surface area contributed by atoms with E-state index in [9.17, 15) is 4.79 Å². The van der Waals surface area contributed by atoms with Crippen LogP contribution in [-0.2, 0) is 9.53 Å². The van der Waals surface area contributed by atoms with Crippen LogP contribution in [0.25, 0.3) is 11.3 Å². The van der Waals surface area contributed by atoms with Crippen LogP contribution in [0.3, 0.4) is 0 Å². The van der Waals surface area contributed by atoms with Gasteiger partial charge in [-0.25, -0.2) is 9.97 Å². The summed E-state index contributed by atoms with van der Waals surface area (Å²) in [5.74, 6) is 0.422. The molecule has 2 aromatic carbocycles. The number of halogens is 1. The van der Waals surface area contributed by atoms with Crippen LogP contribution >= 0.6 is 11.6 Å². The molecule has 2 N–H and O–H groups in total. The second kappa shape index (κ2) is 9.46. The van der Waals surface area contributed by atoms with Crippen molar-refractivity contribution in [2.24, 2.45) is 4.99 Å². The number of carbonyl (C=O) groups is 1. The number of hydrogen-bond donors (Lipinski definition) is 2. The molecule has 0 bridgehead atoms. The summed E-state index contributed by atoms with van der Waals surface area (Å²) >= 11 is 6.23. The number of amides is 1. The second-order valence-corrected chi connectivity index (χ2v) is 8.03. The highest BCUT2D eigenvalue weighted by Crippen LogP contribution is 2.34. The van der Waals surface area contributed by atoms with E-state index in [4.69, 9.17) is 21.3 Å². The van der Waals surface area contributed by atoms with Gasteiger partial charge in [-0.15, -0.1) is 0 Å². The highest BCUT2D eigenvalue weighted by Gasteiger charge is 2.19. The van der Waals surface area contributed by atoms with Crippen molar-refractivity contribution < 1.29 is 9.53 Å². The zero-order valence-corrected chi connectivity index (χ0v) is 19.0. The average Bonchev–Trinajstić information content (AvgIpc) is 2.92. The first-order chi connectivity index (χ1) is 15.4. The zero-order valence-electron chi connectivity index (χ0n) is 18.2. The number of fused-ring (bicyclic) bond motifs is 1. The first kappa shape index (κ1) is 21.9. The summed E-state index contributed by atoms with van der Waals surface area (Å²) in [5, 5.41) is 6.67. The molecule has 0 radical (unpaired) electrons. The van der Waals surface area contributed by atoms with Gasteiger partial charge in [0.2, 0.25) is 11.9 Å². The Kier molecular flexibility index (Phi) is 6.48. The maximum atomic E-state index is 12.5. The summed E-state index contributed by atoms with van der Waals surface area (Å²) in [6.07, 6.45) is 0.168. The molecule has 1 aliphatic heterocycles. The Morgan fingerprint density at radius 1 is 1.12 bits per heavy atom. The summed E-state index contributed by atoms with van der Waals surface area (Å²) in [7, 11) is 1.65. The number of aromatic nitrogens is 2. The lowest BCUT2D eigenvalue weighted by Crippen LogP contribution is -2.15. The number of benzene rings is 2. The number of hydrogen-bond acceptors (Lipinski definition) is 6. The minimum Gasteiger partial charge on any atom is -0.383 e. The van der Waals surface area contributed by atoms with Gasteiger partial charge in [-0.2, -0.15) is 0 Å². The largest absolute Gasteiger partial charge is 0.383 e. The molecule has 1 aliphatic rings. The minimum atomic E-state index is -0.129. The summed E-state index contributed by atoms with van der Waals surface area (Å²) < 4.78 is 5.08. The van der Waals surface area contributed by atoms with Crippen LogP contribution in [0.15, 0.2) is 47.5 Å². The number of methoxy groups -OCH3 is 1. The smallest absolute Gasteiger partial charge is 0.230 e. The molecule has 4 rings (SSSR count). The van der Waals surface area contributed by atoms with E-state index in [0.29, 0.717) is 41.2 Å². The molecule has 1 aromatic heterocycles. The highest BCUT2D eigenvalue weighted by molar-refractivity contribution is 6.32. The molecule has 164 valence electrons. The van der Waals surface area contributed by atoms with E-state index in [-0.39, 0.29) is 12.3 Å². The number of aliphatic imine (C=N–C) groups is 1. The van der Waals surface area contributed by atoms with E-state index in [2.05, 4.69) is 20.6 Å². The van der Waals surface area contributed by atoms with Crippen molar-refractivity contribution in [2.45, 2.75) is 20.3 Å². The molecular formula is C24H24ClN5O2. The Morgan fingerprint density at radius 2 is 1.94 bits per heavy atom. The molecule has 0 saturated carbocycles. The predicted molar refractivity (Wildman–Crippen MR) is 128 cm³/mol. The molecule has 1 amide bonds. The lowest BCUT2D eigenvalue weighted by Gasteiger charge is -2.10. The Balaban J connectivity index is 1.70. The molecule has 32 heavy (non-hydrogen) atoms. The first-order valence-electron chi connectivity index (χ1n) is 10.3. The zero-order chi connectivity index (χ0) is 22.7. The monoisotopic (exact) mass is 449 g/mol. The van der Waals surface area contributed by atoms with Crippen molar-refractivity contribution in [3.05, 3.63) is 64.3 Å². The van der Waals surface area contributed by atoms with Crippen molar-refractivity contribution >= 4 is 40.5 Å². The molecule has 8 heteroatoms. The second-order valence-electron chi connectivity index (χ2n) is 7.62. The van der Waals surface area contributed by atoms with E-state index < -0.39 is 0 Å². The van der Waals surface area contributed by atoms with Gasteiger partial charge >= 0.3 is 0 Å². The average molecular weight is 450 g/mol. The fourth-order valence-electron chi connectivity index (χ4n) is 3.48. The van der Waals surface area contributed by atoms with E-state index in [0.717, 1.165) is 28.1 Å². The predicted octanol–water partition coefficient (Wildman–Crippen LogP) is 4.94. The molecule has 3 aromatic rings. The molecule has 2 heterocycles. The number of aryl methyl sites for hydroxylation is 2. The summed E-state index contributed by atoms with van der Waals surface area (Å²) in [6.45, 7) is 5.03. The van der Waals surface area contributed by atoms with Crippen LogP contribution in [0.2, 0.25) is 5.02 Å². The van der Waals surface area contributed by atoms with Crippen molar-refractivity contribution in [3.8, 4) is 11.3 Å². The number of nitrogens with one attached hydrogen (secondary N) is 2. The number of nitrogens with zero attached hydrogens (tertiary/aromatic N) is 3. The lowest BCUT2D eigenvalue weighted by molar-refractivity contribution is -0.115. The van der Waals surface area contributed by atoms with Gasteiger partial charge in [0, 0.05) is 29.9 Å². The summed E-state index contributed by atoms with van der Waals surface area (Å²) in [6, 6.07) is 13.4. The van der Waals surface area contributed by atoms with Crippen LogP contribution in [0.1, 0.15) is 23.2 Å². The third kappa shape index (κ3) is 4.95. The Bertz CT molecular complexity index is 1210. The first-order valence-corrected chi connectivity index (χ1v) is 10.7. The van der Waals surface area contributed by atoms with E-state index >= 15 is 0 Å². The van der Waals surface area contributed by atoms with Crippen LogP contribution in [0.4, 0.5) is 17.3 Å². The van der Waals surface area contributed by atoms with E-state index in [1.807, 2.05) is 50.2 Å². The molecule has 0 atom stereocenters. The normalized spacial score (nSPS) is 13.1. The van der Waals surface area contributed by atoms with Crippen LogP contribution in [-0.4, -0.2) is 41.8 Å². The Morgan fingerprint density at radius 3 is 2.75 bits per heavy atom. The third-order valence-corrected chi connectivity index (χ3v) is 5.48. The standard InChI is InChI=1S/C24H24ClN5O2/c1-14-9-21-22(12-18(14)25)29-23(31)13-20(28-21)17-6-4-5-16(11-17)19-10-15(2)27-24(30-19)26-7-8-32-3/h4-6,9-12H,7-8,13H2,1-3H3,(H,29,31)(H,26,27,30). The maximum absolute atomic E-state index is 12.5. The van der Waals surface area contributed by atoms with Gasteiger partial charge in [-0.1, -0.05) is 29.8 Å². The van der Waals surface area contributed by atoms with E-state index in [1.165, 1.54) is 0 Å². The molecular weight excluding hydrogens is 426 g/mol. The minimum absolute atomic E-state index is 0.129. The third-order valence-electron chi connectivity index (χ3n) is 5.07. The van der Waals surface area contributed by atoms with Gasteiger partial charge in [0.25, 0.3) is 0 Å². The van der Waals surface area contributed by atoms with Crippen molar-refractivity contribution in [3.63, 3.8) is 0 Å². The Labute approximate surface area is 191 Å². The highest BCUT2D eigenvalue weighted by atomic mass is 35.5. The van der Waals surface area contributed by atoms with Crippen LogP contribution in [0, 0.1) is 13.8 Å². The van der Waals surface area contributed by atoms with Crippen molar-refractivity contribution in [2.75, 3.05) is 30.9 Å². The summed E-state index contributed by atoms with van der Waals surface area (Å²) in [5.41, 5.74) is 6.34. The van der Waals surface area contributed by atoms with Gasteiger partial charge in [-0.05, 0) is 49.2 Å². The van der Waals surface area contributed by atoms with Gasteiger partial charge < -0.3 is 15.4 Å². The molecule has 7 nitrogen and oxygen atoms in total. The van der Waals surface area contributed by atoms with Gasteiger partial charge in [-0.3, -0.25) is 9.79 Å². The lowest BCUT2D eigenvalue weighted by atomic mass is 10.0. The molecule has 0 saturated heterocycles. The van der Waals surface area contributed by atoms with E-state index in [1.54, 1.807) is 13.2 Å². The Hall–Kier alpha value is -3.29. The van der Waals surface area contributed by atoms with Crippen molar-refractivity contribution in [1.82, 2.24) is 9.97 Å². The quantitative estimate of drug-likeness (QED) is 0.520. The molecule has 0 fully saturated rings. The van der Waals surface area contributed by atoms with Gasteiger partial charge in [0.1, 0.15) is 0 Å². The van der Waals surface area contributed by atoms with Crippen molar-refractivity contribution in [1.29, 1.82) is 0 Å². The number of anilines is 2. The summed E-state index contributed by atoms with van der Waals surface area (Å²) in [4.78, 5) is 26.4. The molecule has 0 spiro atoms. The number of carbonyl (C=O) groups excluding carboxylic acids is 1. The van der Waals surface area contributed by atoms with Gasteiger partial charge in [0.05, 0.1) is 35.8 Å². The maximum Gasteiger partial charge on any atom is 0.230 e. The topological polar surface area (TPSA) is 88.5 Å². The van der Waals surface area contributed by atoms with Crippen LogP contribution < -0.4 is 10.6 Å².